The molecule has 2 fully saturated rings. The van der Waals surface area contributed by atoms with Crippen LogP contribution in [0.3, 0.4) is 0 Å². The molecule has 1 aromatic rings. The van der Waals surface area contributed by atoms with E-state index >= 15 is 0 Å². The normalized spacial score (nSPS) is 26.7. The number of rotatable bonds is 2. The summed E-state index contributed by atoms with van der Waals surface area (Å²) in [6.45, 7) is 0.807. The third-order valence-corrected chi connectivity index (χ3v) is 6.33. The molecule has 5 heteroatoms. The van der Waals surface area contributed by atoms with Gasteiger partial charge in [0.05, 0.1) is 5.60 Å². The summed E-state index contributed by atoms with van der Waals surface area (Å²) in [6, 6.07) is 5.49. The smallest absolute Gasteiger partial charge is 0.0701 e. The SMILES string of the molecule is NC(c1cc(Cl)ccc1Cl)C1CCOC2(CCSCC2)C1. The van der Waals surface area contributed by atoms with Crippen LogP contribution in [-0.2, 0) is 4.74 Å². The topological polar surface area (TPSA) is 35.2 Å². The maximum atomic E-state index is 6.53. The molecule has 2 heterocycles. The lowest BCUT2D eigenvalue weighted by Gasteiger charge is -2.45. The maximum Gasteiger partial charge on any atom is 0.0701 e. The minimum Gasteiger partial charge on any atom is -0.375 e. The van der Waals surface area contributed by atoms with E-state index in [1.54, 1.807) is 0 Å². The Morgan fingerprint density at radius 3 is 2.81 bits per heavy atom. The minimum absolute atomic E-state index is 0.0524. The van der Waals surface area contributed by atoms with Crippen LogP contribution >= 0.6 is 35.0 Å². The van der Waals surface area contributed by atoms with E-state index < -0.39 is 0 Å². The average molecular weight is 346 g/mol. The molecule has 0 amide bonds. The zero-order valence-electron chi connectivity index (χ0n) is 12.0. The largest absolute Gasteiger partial charge is 0.375 e. The molecule has 0 saturated carbocycles. The van der Waals surface area contributed by atoms with E-state index in [9.17, 15) is 0 Å². The Kier molecular flexibility index (Phi) is 5.07. The number of ether oxygens (including phenoxy) is 1. The first kappa shape index (κ1) is 15.9. The quantitative estimate of drug-likeness (QED) is 0.844. The Bertz CT molecular complexity index is 500. The second kappa shape index (κ2) is 6.67. The van der Waals surface area contributed by atoms with Crippen LogP contribution in [0.5, 0.6) is 0 Å². The zero-order valence-corrected chi connectivity index (χ0v) is 14.3. The van der Waals surface area contributed by atoms with Crippen molar-refractivity contribution in [3.05, 3.63) is 33.8 Å². The van der Waals surface area contributed by atoms with Crippen LogP contribution in [-0.4, -0.2) is 23.7 Å². The highest BCUT2D eigenvalue weighted by atomic mass is 35.5. The molecular weight excluding hydrogens is 325 g/mol. The van der Waals surface area contributed by atoms with Crippen molar-refractivity contribution in [2.45, 2.75) is 37.3 Å². The molecule has 1 aromatic carbocycles. The van der Waals surface area contributed by atoms with Gasteiger partial charge in [-0.3, -0.25) is 0 Å². The van der Waals surface area contributed by atoms with E-state index in [0.717, 1.165) is 37.9 Å². The number of hydrogen-bond donors (Lipinski definition) is 1. The first-order chi connectivity index (χ1) is 10.1. The Hall–Kier alpha value is 0.0700. The summed E-state index contributed by atoms with van der Waals surface area (Å²) in [4.78, 5) is 0. The van der Waals surface area contributed by atoms with Gasteiger partial charge in [0.25, 0.3) is 0 Å². The first-order valence-electron chi connectivity index (χ1n) is 7.52. The summed E-state index contributed by atoms with van der Waals surface area (Å²) in [5.74, 6) is 2.80. The monoisotopic (exact) mass is 345 g/mol. The summed E-state index contributed by atoms with van der Waals surface area (Å²) in [7, 11) is 0. The van der Waals surface area contributed by atoms with E-state index in [1.165, 1.54) is 11.5 Å². The molecule has 0 aromatic heterocycles. The second-order valence-electron chi connectivity index (χ2n) is 6.09. The van der Waals surface area contributed by atoms with Gasteiger partial charge < -0.3 is 10.5 Å². The predicted octanol–water partition coefficient (Wildman–Crippen LogP) is 4.69. The third-order valence-electron chi connectivity index (χ3n) is 4.76. The second-order valence-corrected chi connectivity index (χ2v) is 8.16. The fraction of sp³-hybridized carbons (Fsp3) is 0.625. The van der Waals surface area contributed by atoms with Crippen molar-refractivity contribution in [3.63, 3.8) is 0 Å². The highest BCUT2D eigenvalue weighted by Crippen LogP contribution is 2.43. The summed E-state index contributed by atoms with van der Waals surface area (Å²) < 4.78 is 6.15. The van der Waals surface area contributed by atoms with Crippen LogP contribution in [0.4, 0.5) is 0 Å². The van der Waals surface area contributed by atoms with Crippen LogP contribution in [0.1, 0.15) is 37.3 Å². The average Bonchev–Trinajstić information content (AvgIpc) is 2.50. The lowest BCUT2D eigenvalue weighted by molar-refractivity contribution is -0.105. The molecule has 116 valence electrons. The van der Waals surface area contributed by atoms with Crippen LogP contribution in [0.2, 0.25) is 10.0 Å². The summed E-state index contributed by atoms with van der Waals surface area (Å²) in [6.07, 6.45) is 4.32. The van der Waals surface area contributed by atoms with Crippen molar-refractivity contribution in [1.29, 1.82) is 0 Å². The number of nitrogens with two attached hydrogens (primary N) is 1. The third kappa shape index (κ3) is 3.53. The van der Waals surface area contributed by atoms with Gasteiger partial charge in [-0.25, -0.2) is 0 Å². The highest BCUT2D eigenvalue weighted by Gasteiger charge is 2.40. The fourth-order valence-electron chi connectivity index (χ4n) is 3.49. The molecule has 0 bridgehead atoms. The summed E-state index contributed by atoms with van der Waals surface area (Å²) in [5.41, 5.74) is 7.55. The van der Waals surface area contributed by atoms with Gasteiger partial charge in [-0.2, -0.15) is 11.8 Å². The number of thioether (sulfide) groups is 1. The standard InChI is InChI=1S/C16H21Cl2NOS/c17-12-1-2-14(18)13(9-12)15(19)11-3-6-20-16(10-11)4-7-21-8-5-16/h1-2,9,11,15H,3-8,10,19H2. The van der Waals surface area contributed by atoms with E-state index in [1.807, 2.05) is 30.0 Å². The van der Waals surface area contributed by atoms with Crippen LogP contribution in [0.15, 0.2) is 18.2 Å². The van der Waals surface area contributed by atoms with Gasteiger partial charge in [-0.05, 0) is 66.9 Å². The Morgan fingerprint density at radius 1 is 1.29 bits per heavy atom. The molecule has 21 heavy (non-hydrogen) atoms. The van der Waals surface area contributed by atoms with Crippen molar-refractivity contribution in [3.8, 4) is 0 Å². The van der Waals surface area contributed by atoms with Gasteiger partial charge in [0.15, 0.2) is 0 Å². The molecule has 2 N–H and O–H groups in total. The highest BCUT2D eigenvalue weighted by molar-refractivity contribution is 7.99. The Labute approximate surface area is 140 Å². The van der Waals surface area contributed by atoms with Gasteiger partial charge in [0, 0.05) is 22.7 Å². The number of halogens is 2. The first-order valence-corrected chi connectivity index (χ1v) is 9.43. The van der Waals surface area contributed by atoms with Gasteiger partial charge >= 0.3 is 0 Å². The van der Waals surface area contributed by atoms with Gasteiger partial charge in [0.1, 0.15) is 0 Å². The molecule has 0 aliphatic carbocycles. The summed E-state index contributed by atoms with van der Waals surface area (Å²) >= 11 is 14.4. The van der Waals surface area contributed by atoms with E-state index in [2.05, 4.69) is 0 Å². The molecule has 2 aliphatic heterocycles. The molecule has 1 spiro atoms. The van der Waals surface area contributed by atoms with E-state index in [0.29, 0.717) is 16.0 Å². The molecular formula is C16H21Cl2NOS. The Balaban J connectivity index is 1.77. The number of benzene rings is 1. The van der Waals surface area contributed by atoms with E-state index in [4.69, 9.17) is 33.7 Å². The molecule has 2 atom stereocenters. The molecule has 2 nitrogen and oxygen atoms in total. The molecule has 2 unspecified atom stereocenters. The van der Waals surface area contributed by atoms with Crippen LogP contribution < -0.4 is 5.73 Å². The molecule has 3 rings (SSSR count). The molecule has 2 saturated heterocycles. The maximum absolute atomic E-state index is 6.53. The van der Waals surface area contributed by atoms with E-state index in [-0.39, 0.29) is 11.6 Å². The van der Waals surface area contributed by atoms with Crippen molar-refractivity contribution in [2.75, 3.05) is 18.1 Å². The minimum atomic E-state index is -0.0634. The van der Waals surface area contributed by atoms with Crippen molar-refractivity contribution < 1.29 is 4.74 Å². The van der Waals surface area contributed by atoms with Crippen molar-refractivity contribution >= 4 is 35.0 Å². The lowest BCUT2D eigenvalue weighted by Crippen LogP contribution is -2.45. The van der Waals surface area contributed by atoms with Crippen LogP contribution in [0, 0.1) is 5.92 Å². The van der Waals surface area contributed by atoms with Gasteiger partial charge in [-0.1, -0.05) is 23.2 Å². The number of hydrogen-bond acceptors (Lipinski definition) is 3. The van der Waals surface area contributed by atoms with Crippen molar-refractivity contribution in [2.24, 2.45) is 11.7 Å². The van der Waals surface area contributed by atoms with Gasteiger partial charge in [0.2, 0.25) is 0 Å². The zero-order chi connectivity index (χ0) is 14.9. The molecule has 2 aliphatic rings. The van der Waals surface area contributed by atoms with Crippen molar-refractivity contribution in [1.82, 2.24) is 0 Å². The molecule has 0 radical (unpaired) electrons. The van der Waals surface area contributed by atoms with Crippen LogP contribution in [0.25, 0.3) is 0 Å². The fourth-order valence-corrected chi connectivity index (χ4v) is 5.15. The predicted molar refractivity (Wildman–Crippen MR) is 91.4 cm³/mol. The lowest BCUT2D eigenvalue weighted by atomic mass is 9.77. The Morgan fingerprint density at radius 2 is 2.05 bits per heavy atom. The van der Waals surface area contributed by atoms with Gasteiger partial charge in [-0.15, -0.1) is 0 Å². The summed E-state index contributed by atoms with van der Waals surface area (Å²) in [5, 5.41) is 1.41.